The summed E-state index contributed by atoms with van der Waals surface area (Å²) in [5, 5.41) is 20.2. The largest absolute Gasteiger partial charge is 0.387 e. The molecule has 0 spiro atoms. The Morgan fingerprint density at radius 2 is 2.37 bits per heavy atom. The van der Waals surface area contributed by atoms with Gasteiger partial charge in [-0.3, -0.25) is 4.98 Å². The van der Waals surface area contributed by atoms with Gasteiger partial charge in [0.15, 0.2) is 0 Å². The molecule has 0 radical (unpaired) electrons. The highest BCUT2D eigenvalue weighted by Gasteiger charge is 2.28. The molecule has 2 heterocycles. The van der Waals surface area contributed by atoms with Gasteiger partial charge in [0, 0.05) is 44.3 Å². The smallest absolute Gasteiger partial charge is 0.0895 e. The van der Waals surface area contributed by atoms with Gasteiger partial charge in [0.25, 0.3) is 0 Å². The molecule has 0 aliphatic carbocycles. The number of pyridine rings is 1. The summed E-state index contributed by atoms with van der Waals surface area (Å²) in [4.78, 5) is 4.06. The molecule has 1 aromatic heterocycles. The molecule has 1 unspecified atom stereocenters. The van der Waals surface area contributed by atoms with Crippen LogP contribution in [0.15, 0.2) is 18.5 Å². The Hall–Kier alpha value is -1.17. The van der Waals surface area contributed by atoms with Crippen molar-refractivity contribution in [2.75, 3.05) is 38.0 Å². The predicted molar refractivity (Wildman–Crippen MR) is 77.4 cm³/mol. The van der Waals surface area contributed by atoms with Gasteiger partial charge >= 0.3 is 0 Å². The molecule has 106 valence electrons. The molecule has 4 N–H and O–H groups in total. The fourth-order valence-corrected chi connectivity index (χ4v) is 2.38. The van der Waals surface area contributed by atoms with Gasteiger partial charge in [-0.2, -0.15) is 0 Å². The molecular weight excluding hydrogens is 240 g/mol. The number of aliphatic hydroxyl groups is 1. The number of β-amino-alcohol motifs (C(OH)–C–C–N with tert-alkyl or cyclic N) is 1. The van der Waals surface area contributed by atoms with E-state index >= 15 is 0 Å². The van der Waals surface area contributed by atoms with Gasteiger partial charge in [-0.25, -0.2) is 0 Å². The van der Waals surface area contributed by atoms with Crippen molar-refractivity contribution >= 4 is 5.69 Å². The van der Waals surface area contributed by atoms with Gasteiger partial charge < -0.3 is 21.1 Å². The first kappa shape index (κ1) is 14.2. The molecule has 5 heteroatoms. The van der Waals surface area contributed by atoms with Crippen molar-refractivity contribution in [2.24, 2.45) is 0 Å². The number of piperidine rings is 1. The number of anilines is 1. The van der Waals surface area contributed by atoms with Gasteiger partial charge in [0.2, 0.25) is 0 Å². The van der Waals surface area contributed by atoms with Crippen LogP contribution in [0, 0.1) is 6.92 Å². The van der Waals surface area contributed by atoms with Crippen LogP contribution in [0.3, 0.4) is 0 Å². The van der Waals surface area contributed by atoms with Crippen molar-refractivity contribution in [3.63, 3.8) is 0 Å². The lowest BCUT2D eigenvalue weighted by Gasteiger charge is -2.32. The van der Waals surface area contributed by atoms with E-state index in [-0.39, 0.29) is 0 Å². The number of aryl methyl sites for hydroxylation is 1. The zero-order valence-electron chi connectivity index (χ0n) is 11.6. The average molecular weight is 264 g/mol. The maximum Gasteiger partial charge on any atom is 0.0895 e. The molecule has 1 aliphatic rings. The highest BCUT2D eigenvalue weighted by Crippen LogP contribution is 2.14. The van der Waals surface area contributed by atoms with Crippen LogP contribution in [0.2, 0.25) is 0 Å². The minimum absolute atomic E-state index is 0.579. The normalized spacial score (nSPS) is 23.3. The second-order valence-corrected chi connectivity index (χ2v) is 5.30. The van der Waals surface area contributed by atoms with Crippen LogP contribution in [0.4, 0.5) is 5.69 Å². The lowest BCUT2D eigenvalue weighted by molar-refractivity contribution is 0.0176. The number of hydrogen-bond acceptors (Lipinski definition) is 5. The monoisotopic (exact) mass is 264 g/mol. The number of nitrogens with zero attached hydrogens (tertiary/aromatic N) is 1. The molecule has 0 saturated carbocycles. The van der Waals surface area contributed by atoms with E-state index in [2.05, 4.69) is 20.9 Å². The lowest BCUT2D eigenvalue weighted by atomic mass is 9.94. The van der Waals surface area contributed by atoms with E-state index in [1.54, 1.807) is 6.20 Å². The molecule has 1 fully saturated rings. The van der Waals surface area contributed by atoms with Crippen molar-refractivity contribution in [1.29, 1.82) is 0 Å². The van der Waals surface area contributed by atoms with E-state index in [9.17, 15) is 5.11 Å². The zero-order chi connectivity index (χ0) is 13.6. The van der Waals surface area contributed by atoms with Crippen molar-refractivity contribution in [3.05, 3.63) is 24.0 Å². The van der Waals surface area contributed by atoms with Crippen LogP contribution in [-0.4, -0.2) is 48.4 Å². The minimum atomic E-state index is -0.579. The van der Waals surface area contributed by atoms with Gasteiger partial charge in [0.1, 0.15) is 0 Å². The fourth-order valence-electron chi connectivity index (χ4n) is 2.38. The molecule has 1 aromatic rings. The fraction of sp³-hybridized carbons (Fsp3) is 0.643. The summed E-state index contributed by atoms with van der Waals surface area (Å²) in [6.45, 7) is 6.08. The topological polar surface area (TPSA) is 69.2 Å². The second-order valence-electron chi connectivity index (χ2n) is 5.30. The van der Waals surface area contributed by atoms with Crippen LogP contribution >= 0.6 is 0 Å². The molecule has 19 heavy (non-hydrogen) atoms. The number of nitrogens with one attached hydrogen (secondary N) is 3. The lowest BCUT2D eigenvalue weighted by Crippen LogP contribution is -2.52. The second kappa shape index (κ2) is 6.84. The van der Waals surface area contributed by atoms with Crippen LogP contribution in [0.25, 0.3) is 0 Å². The van der Waals surface area contributed by atoms with Gasteiger partial charge in [-0.1, -0.05) is 0 Å². The van der Waals surface area contributed by atoms with E-state index < -0.39 is 5.60 Å². The third-order valence-electron chi connectivity index (χ3n) is 3.54. The molecule has 5 nitrogen and oxygen atoms in total. The maximum absolute atomic E-state index is 10.3. The third-order valence-corrected chi connectivity index (χ3v) is 3.54. The van der Waals surface area contributed by atoms with Crippen molar-refractivity contribution in [1.82, 2.24) is 15.6 Å². The molecule has 0 aromatic carbocycles. The summed E-state index contributed by atoms with van der Waals surface area (Å²) < 4.78 is 0. The summed E-state index contributed by atoms with van der Waals surface area (Å²) in [6, 6.07) is 1.98. The first-order chi connectivity index (χ1) is 9.20. The quantitative estimate of drug-likeness (QED) is 0.564. The third kappa shape index (κ3) is 4.45. The summed E-state index contributed by atoms with van der Waals surface area (Å²) in [7, 11) is 0. The minimum Gasteiger partial charge on any atom is -0.387 e. The van der Waals surface area contributed by atoms with E-state index in [0.29, 0.717) is 13.1 Å². The molecule has 0 amide bonds. The molecular formula is C14H24N4O. The van der Waals surface area contributed by atoms with Gasteiger partial charge in [-0.15, -0.1) is 0 Å². The van der Waals surface area contributed by atoms with E-state index in [1.165, 1.54) is 0 Å². The standard InChI is InChI=1S/C14H24N4O/c1-12-9-15-6-3-13(12)18-8-7-17-11-14(19)4-2-5-16-10-14/h3,6,9,16-17,19H,2,4-5,7-8,10-11H2,1H3,(H,15,18). The SMILES string of the molecule is Cc1cnccc1NCCNCC1(O)CCCNC1. The molecule has 1 atom stereocenters. The van der Waals surface area contributed by atoms with Gasteiger partial charge in [-0.05, 0) is 37.9 Å². The zero-order valence-corrected chi connectivity index (χ0v) is 11.6. The molecule has 1 aliphatic heterocycles. The van der Waals surface area contributed by atoms with Crippen LogP contribution in [0.1, 0.15) is 18.4 Å². The predicted octanol–water partition coefficient (Wildman–Crippen LogP) is 0.506. The van der Waals surface area contributed by atoms with E-state index in [1.807, 2.05) is 19.2 Å². The highest BCUT2D eigenvalue weighted by atomic mass is 16.3. The molecule has 2 rings (SSSR count). The van der Waals surface area contributed by atoms with Gasteiger partial charge in [0.05, 0.1) is 5.60 Å². The average Bonchev–Trinajstić information content (AvgIpc) is 2.41. The first-order valence-corrected chi connectivity index (χ1v) is 6.98. The number of hydrogen-bond donors (Lipinski definition) is 4. The number of rotatable bonds is 6. The Balaban J connectivity index is 1.63. The Bertz CT molecular complexity index is 391. The van der Waals surface area contributed by atoms with Crippen LogP contribution in [0.5, 0.6) is 0 Å². The van der Waals surface area contributed by atoms with Crippen molar-refractivity contribution < 1.29 is 5.11 Å². The number of aromatic nitrogens is 1. The Kier molecular flexibility index (Phi) is 5.13. The summed E-state index contributed by atoms with van der Waals surface area (Å²) >= 11 is 0. The maximum atomic E-state index is 10.3. The van der Waals surface area contributed by atoms with E-state index in [4.69, 9.17) is 0 Å². The summed E-state index contributed by atoms with van der Waals surface area (Å²) in [5.74, 6) is 0. The first-order valence-electron chi connectivity index (χ1n) is 6.98. The van der Waals surface area contributed by atoms with Crippen LogP contribution < -0.4 is 16.0 Å². The Morgan fingerprint density at radius 3 is 3.11 bits per heavy atom. The Morgan fingerprint density at radius 1 is 1.47 bits per heavy atom. The summed E-state index contributed by atoms with van der Waals surface area (Å²) in [6.07, 6.45) is 5.57. The van der Waals surface area contributed by atoms with E-state index in [0.717, 1.165) is 43.7 Å². The molecule has 1 saturated heterocycles. The van der Waals surface area contributed by atoms with Crippen molar-refractivity contribution in [2.45, 2.75) is 25.4 Å². The molecule has 0 bridgehead atoms. The Labute approximate surface area is 114 Å². The van der Waals surface area contributed by atoms with Crippen LogP contribution in [-0.2, 0) is 0 Å². The van der Waals surface area contributed by atoms with Crippen molar-refractivity contribution in [3.8, 4) is 0 Å². The summed E-state index contributed by atoms with van der Waals surface area (Å²) in [5.41, 5.74) is 1.69. The highest BCUT2D eigenvalue weighted by molar-refractivity contribution is 5.48.